The van der Waals surface area contributed by atoms with Crippen LogP contribution < -0.4 is 15.4 Å². The van der Waals surface area contributed by atoms with Crippen molar-refractivity contribution in [1.82, 2.24) is 20.0 Å². The second-order valence-corrected chi connectivity index (χ2v) is 10.8. The van der Waals surface area contributed by atoms with Crippen LogP contribution in [0.15, 0.2) is 53.2 Å². The maximum atomic E-state index is 15.9. The molecule has 0 radical (unpaired) electrons. The molecule has 10 nitrogen and oxygen atoms in total. The number of carbonyl (C=O) groups is 1. The van der Waals surface area contributed by atoms with Gasteiger partial charge in [0.25, 0.3) is 5.89 Å². The molecule has 2 aromatic carbocycles. The van der Waals surface area contributed by atoms with Crippen molar-refractivity contribution in [3.05, 3.63) is 71.6 Å². The van der Waals surface area contributed by atoms with Gasteiger partial charge in [-0.3, -0.25) is 4.79 Å². The van der Waals surface area contributed by atoms with Crippen molar-refractivity contribution < 1.29 is 35.9 Å². The molecule has 1 aliphatic heterocycles. The zero-order valence-corrected chi connectivity index (χ0v) is 23.0. The van der Waals surface area contributed by atoms with E-state index in [2.05, 4.69) is 20.0 Å². The van der Waals surface area contributed by atoms with Gasteiger partial charge in [0.15, 0.2) is 5.75 Å². The first kappa shape index (κ1) is 29.6. The fraction of sp³-hybridized carbons (Fsp3) is 0.321. The van der Waals surface area contributed by atoms with Crippen LogP contribution >= 0.6 is 0 Å². The number of benzene rings is 2. The summed E-state index contributed by atoms with van der Waals surface area (Å²) in [5.41, 5.74) is 3.39. The maximum absolute atomic E-state index is 15.9. The number of rotatable bonds is 6. The predicted molar refractivity (Wildman–Crippen MR) is 141 cm³/mol. The lowest BCUT2D eigenvalue weighted by Gasteiger charge is -2.26. The summed E-state index contributed by atoms with van der Waals surface area (Å²) in [6.45, 7) is 4.18. The molecule has 1 aliphatic rings. The van der Waals surface area contributed by atoms with Crippen LogP contribution in [0.25, 0.3) is 17.1 Å². The van der Waals surface area contributed by atoms with Crippen LogP contribution in [0.5, 0.6) is 5.75 Å². The zero-order chi connectivity index (χ0) is 31.3. The summed E-state index contributed by atoms with van der Waals surface area (Å²) in [6, 6.07) is 9.24. The number of nitrogens with zero attached hydrogens (tertiary/aromatic N) is 6. The molecule has 43 heavy (non-hydrogen) atoms. The van der Waals surface area contributed by atoms with E-state index < -0.39 is 47.4 Å². The van der Waals surface area contributed by atoms with E-state index in [1.165, 1.54) is 22.6 Å². The van der Waals surface area contributed by atoms with Crippen molar-refractivity contribution in [2.24, 2.45) is 5.73 Å². The Morgan fingerprint density at radius 1 is 1.21 bits per heavy atom. The number of amides is 1. The van der Waals surface area contributed by atoms with Crippen LogP contribution in [0.1, 0.15) is 44.2 Å². The van der Waals surface area contributed by atoms with Crippen LogP contribution in [0.4, 0.5) is 27.6 Å². The Labute approximate surface area is 241 Å². The number of nitrogens with two attached hydrogens (primary N) is 1. The number of hydrogen-bond donors (Lipinski definition) is 1. The molecular formula is C28H24F5N7O3. The Bertz CT molecular complexity index is 1720. The summed E-state index contributed by atoms with van der Waals surface area (Å²) >= 11 is 0. The number of ether oxygens (including phenoxy) is 1. The standard InChI is InChI=1S/C28H24F5N7O3/c1-26(2,14-34)25-38-37-23(42-25)18-8-22-19(9-20(18)29)27(3,30)10-21(35)24(41)39(22)12-15-4-6-16(7-5-15)40-13-17(11-36-40)43-28(31,32)33/h4-9,11,13,21H,10,12,35H2,1-3H3/t21-,27+/m0/s1. The third-order valence-corrected chi connectivity index (χ3v) is 6.93. The van der Waals surface area contributed by atoms with Gasteiger partial charge in [0.05, 0.1) is 48.0 Å². The molecule has 2 aromatic heterocycles. The van der Waals surface area contributed by atoms with Crippen molar-refractivity contribution >= 4 is 11.6 Å². The first-order valence-electron chi connectivity index (χ1n) is 12.8. The maximum Gasteiger partial charge on any atom is 0.573 e. The van der Waals surface area contributed by atoms with Crippen molar-refractivity contribution in [3.63, 3.8) is 0 Å². The lowest BCUT2D eigenvalue weighted by molar-refractivity contribution is -0.274. The molecule has 0 bridgehead atoms. The van der Waals surface area contributed by atoms with E-state index >= 15 is 8.78 Å². The summed E-state index contributed by atoms with van der Waals surface area (Å²) in [4.78, 5) is 14.7. The average Bonchev–Trinajstić information content (AvgIpc) is 3.60. The van der Waals surface area contributed by atoms with Crippen LogP contribution in [-0.4, -0.2) is 38.3 Å². The van der Waals surface area contributed by atoms with Gasteiger partial charge in [-0.15, -0.1) is 23.4 Å². The molecule has 224 valence electrons. The van der Waals surface area contributed by atoms with Crippen molar-refractivity contribution in [3.8, 4) is 29.0 Å². The number of alkyl halides is 4. The highest BCUT2D eigenvalue weighted by Gasteiger charge is 2.42. The van der Waals surface area contributed by atoms with E-state index in [0.29, 0.717) is 11.3 Å². The predicted octanol–water partition coefficient (Wildman–Crippen LogP) is 5.21. The molecule has 2 N–H and O–H groups in total. The van der Waals surface area contributed by atoms with E-state index in [-0.39, 0.29) is 35.1 Å². The second-order valence-electron chi connectivity index (χ2n) is 10.8. The molecule has 1 amide bonds. The molecule has 0 aliphatic carbocycles. The summed E-state index contributed by atoms with van der Waals surface area (Å²) in [5, 5.41) is 21.0. The molecule has 0 saturated carbocycles. The van der Waals surface area contributed by atoms with E-state index in [1.54, 1.807) is 38.1 Å². The topological polar surface area (TPSA) is 136 Å². The minimum Gasteiger partial charge on any atom is -0.419 e. The van der Waals surface area contributed by atoms with Gasteiger partial charge in [0.2, 0.25) is 11.8 Å². The van der Waals surface area contributed by atoms with Gasteiger partial charge < -0.3 is 19.8 Å². The summed E-state index contributed by atoms with van der Waals surface area (Å²) in [5.74, 6) is -2.33. The SMILES string of the molecule is CC(C)(C#N)c1nnc(-c2cc3c(cc2F)[C@](C)(F)C[C@H](N)C(=O)N3Cc2ccc(-n3cc(OC(F)(F)F)cn3)cc2)o1. The fourth-order valence-electron chi connectivity index (χ4n) is 4.66. The summed E-state index contributed by atoms with van der Waals surface area (Å²) in [6.07, 6.45) is -3.31. The molecule has 0 fully saturated rings. The highest BCUT2D eigenvalue weighted by Crippen LogP contribution is 2.44. The Morgan fingerprint density at radius 2 is 1.91 bits per heavy atom. The van der Waals surface area contributed by atoms with Crippen molar-refractivity contribution in [1.29, 1.82) is 5.26 Å². The summed E-state index contributed by atoms with van der Waals surface area (Å²) in [7, 11) is 0. The Balaban J connectivity index is 1.51. The highest BCUT2D eigenvalue weighted by atomic mass is 19.4. The minimum atomic E-state index is -4.87. The first-order valence-corrected chi connectivity index (χ1v) is 12.8. The van der Waals surface area contributed by atoms with Crippen LogP contribution in [0.2, 0.25) is 0 Å². The molecule has 5 rings (SSSR count). The highest BCUT2D eigenvalue weighted by molar-refractivity contribution is 5.99. The number of aromatic nitrogens is 4. The smallest absolute Gasteiger partial charge is 0.419 e. The molecule has 2 atom stereocenters. The molecular weight excluding hydrogens is 577 g/mol. The lowest BCUT2D eigenvalue weighted by atomic mass is 9.90. The zero-order valence-electron chi connectivity index (χ0n) is 23.0. The second kappa shape index (κ2) is 10.5. The Morgan fingerprint density at radius 3 is 2.56 bits per heavy atom. The van der Waals surface area contributed by atoms with Gasteiger partial charge in [-0.1, -0.05) is 12.1 Å². The largest absolute Gasteiger partial charge is 0.573 e. The van der Waals surface area contributed by atoms with E-state index in [0.717, 1.165) is 18.5 Å². The number of carbonyl (C=O) groups excluding carboxylic acids is 1. The van der Waals surface area contributed by atoms with Gasteiger partial charge in [-0.25, -0.2) is 13.5 Å². The van der Waals surface area contributed by atoms with Crippen LogP contribution in [0, 0.1) is 17.1 Å². The van der Waals surface area contributed by atoms with Gasteiger partial charge in [0, 0.05) is 12.0 Å². The van der Waals surface area contributed by atoms with Gasteiger partial charge >= 0.3 is 6.36 Å². The minimum absolute atomic E-state index is 0.0312. The lowest BCUT2D eigenvalue weighted by Crippen LogP contribution is -2.43. The number of hydrogen-bond acceptors (Lipinski definition) is 8. The number of halogens is 5. The first-order chi connectivity index (χ1) is 20.1. The monoisotopic (exact) mass is 601 g/mol. The third kappa shape index (κ3) is 5.91. The molecule has 0 unspecified atom stereocenters. The van der Waals surface area contributed by atoms with E-state index in [1.807, 2.05) is 6.07 Å². The quantitative estimate of drug-likeness (QED) is 0.298. The molecule has 4 aromatic rings. The van der Waals surface area contributed by atoms with Crippen molar-refractivity contribution in [2.45, 2.75) is 57.2 Å². The van der Waals surface area contributed by atoms with Crippen LogP contribution in [-0.2, 0) is 22.4 Å². The number of nitriles is 1. The summed E-state index contributed by atoms with van der Waals surface area (Å²) < 4.78 is 79.5. The van der Waals surface area contributed by atoms with Gasteiger partial charge in [0.1, 0.15) is 16.9 Å². The normalized spacial score (nSPS) is 19.1. The van der Waals surface area contributed by atoms with E-state index in [9.17, 15) is 23.2 Å². The Kier molecular flexibility index (Phi) is 7.21. The van der Waals surface area contributed by atoms with E-state index in [4.69, 9.17) is 10.2 Å². The molecule has 15 heteroatoms. The average molecular weight is 602 g/mol. The number of anilines is 1. The molecule has 3 heterocycles. The fourth-order valence-corrected chi connectivity index (χ4v) is 4.66. The third-order valence-electron chi connectivity index (χ3n) is 6.93. The van der Waals surface area contributed by atoms with Crippen molar-refractivity contribution in [2.75, 3.05) is 4.90 Å². The molecule has 0 saturated heterocycles. The van der Waals surface area contributed by atoms with Gasteiger partial charge in [-0.05, 0) is 50.6 Å². The Hall–Kier alpha value is -4.84. The van der Waals surface area contributed by atoms with Crippen LogP contribution in [0.3, 0.4) is 0 Å². The molecule has 0 spiro atoms. The number of fused-ring (bicyclic) bond motifs is 1. The van der Waals surface area contributed by atoms with Gasteiger partial charge in [-0.2, -0.15) is 10.4 Å².